The summed E-state index contributed by atoms with van der Waals surface area (Å²) in [5.41, 5.74) is 1.83. The summed E-state index contributed by atoms with van der Waals surface area (Å²) in [6, 6.07) is 12.5. The fourth-order valence-corrected chi connectivity index (χ4v) is 3.10. The summed E-state index contributed by atoms with van der Waals surface area (Å²) >= 11 is 0. The molecule has 0 spiro atoms. The van der Waals surface area contributed by atoms with Crippen molar-refractivity contribution in [3.8, 4) is 17.2 Å². The van der Waals surface area contributed by atoms with Gasteiger partial charge in [-0.2, -0.15) is 0 Å². The van der Waals surface area contributed by atoms with Crippen LogP contribution in [0.4, 0.5) is 5.69 Å². The summed E-state index contributed by atoms with van der Waals surface area (Å²) < 4.78 is 16.0. The Labute approximate surface area is 164 Å². The Balaban J connectivity index is 1.56. The van der Waals surface area contributed by atoms with Crippen molar-refractivity contribution in [2.45, 2.75) is 19.4 Å². The van der Waals surface area contributed by atoms with Gasteiger partial charge in [-0.15, -0.1) is 0 Å². The second kappa shape index (κ2) is 8.65. The Hall–Kier alpha value is -3.22. The standard InChI is InChI=1S/C21H24N2O5/c1-14-4-7-17(8-5-14)28-13-20(24)22-15-10-21(25)23(12-15)16-6-9-18(26-2)19(11-16)27-3/h4-9,11,15H,10,12-13H2,1-3H3,(H,22,24)/t15-/m0/s1. The number of ether oxygens (including phenoxy) is 3. The zero-order valence-electron chi connectivity index (χ0n) is 16.2. The summed E-state index contributed by atoms with van der Waals surface area (Å²) in [6.07, 6.45) is 0.241. The van der Waals surface area contributed by atoms with E-state index >= 15 is 0 Å². The van der Waals surface area contributed by atoms with E-state index in [0.717, 1.165) is 5.56 Å². The molecule has 1 N–H and O–H groups in total. The summed E-state index contributed by atoms with van der Waals surface area (Å²) in [5.74, 6) is 1.46. The van der Waals surface area contributed by atoms with Crippen molar-refractivity contribution >= 4 is 17.5 Å². The molecule has 148 valence electrons. The van der Waals surface area contributed by atoms with Crippen molar-refractivity contribution < 1.29 is 23.8 Å². The molecule has 1 saturated heterocycles. The predicted molar refractivity (Wildman–Crippen MR) is 105 cm³/mol. The molecule has 2 amide bonds. The van der Waals surface area contributed by atoms with Crippen molar-refractivity contribution in [2.24, 2.45) is 0 Å². The molecule has 2 aromatic rings. The third-order valence-corrected chi connectivity index (χ3v) is 4.56. The van der Waals surface area contributed by atoms with Gasteiger partial charge in [0.15, 0.2) is 18.1 Å². The van der Waals surface area contributed by atoms with Crippen LogP contribution in [0, 0.1) is 6.92 Å². The highest BCUT2D eigenvalue weighted by Crippen LogP contribution is 2.33. The third kappa shape index (κ3) is 4.54. The smallest absolute Gasteiger partial charge is 0.258 e. The molecular formula is C21H24N2O5. The lowest BCUT2D eigenvalue weighted by Crippen LogP contribution is -2.39. The van der Waals surface area contributed by atoms with E-state index in [4.69, 9.17) is 14.2 Å². The maximum absolute atomic E-state index is 12.4. The molecule has 1 aliphatic heterocycles. The Kier molecular flexibility index (Phi) is 6.03. The molecule has 28 heavy (non-hydrogen) atoms. The second-order valence-electron chi connectivity index (χ2n) is 6.61. The van der Waals surface area contributed by atoms with Gasteiger partial charge in [-0.3, -0.25) is 9.59 Å². The van der Waals surface area contributed by atoms with Crippen molar-refractivity contribution in [1.29, 1.82) is 0 Å². The molecule has 7 heteroatoms. The quantitative estimate of drug-likeness (QED) is 0.793. The maximum atomic E-state index is 12.4. The van der Waals surface area contributed by atoms with Crippen molar-refractivity contribution in [3.63, 3.8) is 0 Å². The van der Waals surface area contributed by atoms with Gasteiger partial charge in [-0.05, 0) is 31.2 Å². The van der Waals surface area contributed by atoms with E-state index < -0.39 is 0 Å². The highest BCUT2D eigenvalue weighted by molar-refractivity contribution is 5.97. The molecule has 0 aromatic heterocycles. The van der Waals surface area contributed by atoms with Crippen LogP contribution in [0.5, 0.6) is 17.2 Å². The molecule has 0 aliphatic carbocycles. The summed E-state index contributed by atoms with van der Waals surface area (Å²) in [5, 5.41) is 2.86. The first-order valence-corrected chi connectivity index (χ1v) is 9.01. The number of nitrogens with zero attached hydrogens (tertiary/aromatic N) is 1. The van der Waals surface area contributed by atoms with Crippen LogP contribution >= 0.6 is 0 Å². The number of carbonyl (C=O) groups excluding carboxylic acids is 2. The highest BCUT2D eigenvalue weighted by atomic mass is 16.5. The van der Waals surface area contributed by atoms with Gasteiger partial charge in [0.1, 0.15) is 5.75 Å². The number of rotatable bonds is 7. The van der Waals surface area contributed by atoms with Crippen LogP contribution in [0.2, 0.25) is 0 Å². The molecule has 1 aliphatic rings. The van der Waals surface area contributed by atoms with Crippen molar-refractivity contribution in [2.75, 3.05) is 32.3 Å². The highest BCUT2D eigenvalue weighted by Gasteiger charge is 2.32. The number of benzene rings is 2. The van der Waals surface area contributed by atoms with Crippen LogP contribution in [-0.4, -0.2) is 45.2 Å². The van der Waals surface area contributed by atoms with Gasteiger partial charge in [0.05, 0.1) is 20.3 Å². The van der Waals surface area contributed by atoms with Crippen LogP contribution in [0.15, 0.2) is 42.5 Å². The average Bonchev–Trinajstić information content (AvgIpc) is 3.06. The Morgan fingerprint density at radius 3 is 2.50 bits per heavy atom. The lowest BCUT2D eigenvalue weighted by Gasteiger charge is -2.19. The largest absolute Gasteiger partial charge is 0.493 e. The fourth-order valence-electron chi connectivity index (χ4n) is 3.10. The lowest BCUT2D eigenvalue weighted by atomic mass is 10.2. The Bertz CT molecular complexity index is 850. The number of anilines is 1. The van der Waals surface area contributed by atoms with Gasteiger partial charge in [0.2, 0.25) is 5.91 Å². The van der Waals surface area contributed by atoms with E-state index in [1.807, 2.05) is 31.2 Å². The average molecular weight is 384 g/mol. The normalized spacial score (nSPS) is 16.0. The fraction of sp³-hybridized carbons (Fsp3) is 0.333. The molecule has 0 bridgehead atoms. The van der Waals surface area contributed by atoms with Crippen LogP contribution in [0.25, 0.3) is 0 Å². The summed E-state index contributed by atoms with van der Waals surface area (Å²) in [4.78, 5) is 26.2. The van der Waals surface area contributed by atoms with Gasteiger partial charge >= 0.3 is 0 Å². The minimum absolute atomic E-state index is 0.0584. The van der Waals surface area contributed by atoms with Gasteiger partial charge < -0.3 is 24.4 Å². The predicted octanol–water partition coefficient (Wildman–Crippen LogP) is 2.31. The van der Waals surface area contributed by atoms with Crippen molar-refractivity contribution in [3.05, 3.63) is 48.0 Å². The third-order valence-electron chi connectivity index (χ3n) is 4.56. The van der Waals surface area contributed by atoms with Gasteiger partial charge in [0, 0.05) is 24.7 Å². The number of hydrogen-bond donors (Lipinski definition) is 1. The molecule has 1 atom stereocenters. The van der Waals surface area contributed by atoms with E-state index in [9.17, 15) is 9.59 Å². The van der Waals surface area contributed by atoms with Crippen molar-refractivity contribution in [1.82, 2.24) is 5.32 Å². The van der Waals surface area contributed by atoms with Gasteiger partial charge in [-0.25, -0.2) is 0 Å². The maximum Gasteiger partial charge on any atom is 0.258 e. The monoisotopic (exact) mass is 384 g/mol. The van der Waals surface area contributed by atoms with Crippen LogP contribution in [-0.2, 0) is 9.59 Å². The van der Waals surface area contributed by atoms with E-state index in [0.29, 0.717) is 29.5 Å². The minimum atomic E-state index is -0.269. The molecule has 0 saturated carbocycles. The topological polar surface area (TPSA) is 77.1 Å². The molecule has 7 nitrogen and oxygen atoms in total. The Morgan fingerprint density at radius 1 is 1.11 bits per heavy atom. The SMILES string of the molecule is COc1ccc(N2C[C@@H](NC(=O)COc3ccc(C)cc3)CC2=O)cc1OC. The molecule has 2 aromatic carbocycles. The summed E-state index contributed by atoms with van der Waals surface area (Å²) in [6.45, 7) is 2.28. The van der Waals surface area contributed by atoms with E-state index in [-0.39, 0.29) is 30.9 Å². The zero-order valence-corrected chi connectivity index (χ0v) is 16.2. The molecule has 0 unspecified atom stereocenters. The number of hydrogen-bond acceptors (Lipinski definition) is 5. The first kappa shape index (κ1) is 19.5. The first-order valence-electron chi connectivity index (χ1n) is 9.01. The zero-order chi connectivity index (χ0) is 20.1. The molecule has 1 heterocycles. The van der Waals surface area contributed by atoms with Crippen LogP contribution < -0.4 is 24.4 Å². The van der Waals surface area contributed by atoms with Gasteiger partial charge in [-0.1, -0.05) is 17.7 Å². The minimum Gasteiger partial charge on any atom is -0.493 e. The summed E-state index contributed by atoms with van der Waals surface area (Å²) in [7, 11) is 3.10. The van der Waals surface area contributed by atoms with E-state index in [2.05, 4.69) is 5.32 Å². The number of nitrogens with one attached hydrogen (secondary N) is 1. The number of carbonyl (C=O) groups is 2. The first-order chi connectivity index (χ1) is 13.5. The number of methoxy groups -OCH3 is 2. The number of amides is 2. The second-order valence-corrected chi connectivity index (χ2v) is 6.61. The van der Waals surface area contributed by atoms with Crippen LogP contribution in [0.3, 0.4) is 0 Å². The Morgan fingerprint density at radius 2 is 1.82 bits per heavy atom. The molecule has 1 fully saturated rings. The molecule has 3 rings (SSSR count). The van der Waals surface area contributed by atoms with E-state index in [1.165, 1.54) is 0 Å². The molecule has 0 radical (unpaired) electrons. The number of aryl methyl sites for hydroxylation is 1. The van der Waals surface area contributed by atoms with E-state index in [1.54, 1.807) is 37.3 Å². The van der Waals surface area contributed by atoms with Gasteiger partial charge in [0.25, 0.3) is 5.91 Å². The van der Waals surface area contributed by atoms with Crippen LogP contribution in [0.1, 0.15) is 12.0 Å². The lowest BCUT2D eigenvalue weighted by molar-refractivity contribution is -0.123. The molecular weight excluding hydrogens is 360 g/mol.